The molecule has 0 spiro atoms. The lowest BCUT2D eigenvalue weighted by atomic mass is 10.2. The Morgan fingerprint density at radius 2 is 1.96 bits per heavy atom. The number of hydrogen-bond donors (Lipinski definition) is 1. The molecule has 132 valence electrons. The number of carboxylic acids is 1. The van der Waals surface area contributed by atoms with Crippen LogP contribution in [0.5, 0.6) is 11.5 Å². The summed E-state index contributed by atoms with van der Waals surface area (Å²) in [6.45, 7) is -0.364. The SMILES string of the molecule is COc1ccc(S(=O)(=O)N2C[C@H](C(=O)O)Oc3ccc(Cl)cc32)cc1. The number of rotatable bonds is 4. The Balaban J connectivity index is 2.09. The molecule has 7 nitrogen and oxygen atoms in total. The van der Waals surface area contributed by atoms with E-state index >= 15 is 0 Å². The minimum atomic E-state index is -4.01. The van der Waals surface area contributed by atoms with Gasteiger partial charge in [0.05, 0.1) is 24.2 Å². The largest absolute Gasteiger partial charge is 0.497 e. The van der Waals surface area contributed by atoms with Gasteiger partial charge in [-0.3, -0.25) is 4.31 Å². The number of carbonyl (C=O) groups is 1. The van der Waals surface area contributed by atoms with E-state index in [9.17, 15) is 18.3 Å². The maximum Gasteiger partial charge on any atom is 0.346 e. The number of benzene rings is 2. The van der Waals surface area contributed by atoms with Gasteiger partial charge in [0, 0.05) is 5.02 Å². The van der Waals surface area contributed by atoms with E-state index in [1.807, 2.05) is 0 Å². The fourth-order valence-corrected chi connectivity index (χ4v) is 4.09. The predicted octanol–water partition coefficient (Wildman–Crippen LogP) is 2.39. The molecule has 0 aromatic heterocycles. The van der Waals surface area contributed by atoms with Gasteiger partial charge in [0.2, 0.25) is 6.10 Å². The summed E-state index contributed by atoms with van der Waals surface area (Å²) in [4.78, 5) is 11.3. The second kappa shape index (κ2) is 6.45. The first-order valence-electron chi connectivity index (χ1n) is 7.19. The zero-order chi connectivity index (χ0) is 18.2. The van der Waals surface area contributed by atoms with E-state index in [2.05, 4.69) is 0 Å². The van der Waals surface area contributed by atoms with Gasteiger partial charge in [-0.1, -0.05) is 11.6 Å². The van der Waals surface area contributed by atoms with Gasteiger partial charge in [-0.15, -0.1) is 0 Å². The molecule has 0 radical (unpaired) electrons. The van der Waals surface area contributed by atoms with Gasteiger partial charge in [-0.05, 0) is 42.5 Å². The van der Waals surface area contributed by atoms with Crippen LogP contribution in [0, 0.1) is 0 Å². The molecule has 3 rings (SSSR count). The van der Waals surface area contributed by atoms with Gasteiger partial charge in [-0.25, -0.2) is 13.2 Å². The number of fused-ring (bicyclic) bond motifs is 1. The van der Waals surface area contributed by atoms with Crippen LogP contribution in [0.3, 0.4) is 0 Å². The Kier molecular flexibility index (Phi) is 4.49. The highest BCUT2D eigenvalue weighted by atomic mass is 35.5. The Labute approximate surface area is 149 Å². The number of ether oxygens (including phenoxy) is 2. The van der Waals surface area contributed by atoms with Crippen LogP contribution in [0.25, 0.3) is 0 Å². The summed E-state index contributed by atoms with van der Waals surface area (Å²) >= 11 is 5.97. The summed E-state index contributed by atoms with van der Waals surface area (Å²) in [5, 5.41) is 9.56. The molecule has 0 amide bonds. The van der Waals surface area contributed by atoms with E-state index in [1.165, 1.54) is 49.6 Å². The molecule has 2 aromatic carbocycles. The van der Waals surface area contributed by atoms with Crippen molar-refractivity contribution in [2.24, 2.45) is 0 Å². The number of methoxy groups -OCH3 is 1. The van der Waals surface area contributed by atoms with Gasteiger partial charge in [0.25, 0.3) is 10.0 Å². The van der Waals surface area contributed by atoms with Gasteiger partial charge >= 0.3 is 5.97 Å². The van der Waals surface area contributed by atoms with Crippen molar-refractivity contribution in [3.63, 3.8) is 0 Å². The number of sulfonamides is 1. The van der Waals surface area contributed by atoms with Crippen molar-refractivity contribution < 1.29 is 27.8 Å². The Bertz CT molecular complexity index is 913. The first-order chi connectivity index (χ1) is 11.8. The minimum absolute atomic E-state index is 0.00487. The number of aliphatic carboxylic acids is 1. The topological polar surface area (TPSA) is 93.1 Å². The predicted molar refractivity (Wildman–Crippen MR) is 91.0 cm³/mol. The first kappa shape index (κ1) is 17.4. The quantitative estimate of drug-likeness (QED) is 0.871. The number of anilines is 1. The third-order valence-corrected chi connectivity index (χ3v) is 5.74. The van der Waals surface area contributed by atoms with E-state index in [1.54, 1.807) is 0 Å². The standard InChI is InChI=1S/C16H14ClNO6S/c1-23-11-3-5-12(6-4-11)25(21,22)18-9-15(16(19)20)24-14-7-2-10(17)8-13(14)18/h2-8,15H,9H2,1H3,(H,19,20)/t15-/m1/s1. The van der Waals surface area contributed by atoms with Crippen LogP contribution in [0.4, 0.5) is 5.69 Å². The minimum Gasteiger partial charge on any atom is -0.497 e. The van der Waals surface area contributed by atoms with Crippen molar-refractivity contribution in [3.8, 4) is 11.5 Å². The maximum atomic E-state index is 13.0. The lowest BCUT2D eigenvalue weighted by Crippen LogP contribution is -2.47. The van der Waals surface area contributed by atoms with Crippen LogP contribution in [-0.4, -0.2) is 39.3 Å². The smallest absolute Gasteiger partial charge is 0.346 e. The van der Waals surface area contributed by atoms with Crippen molar-refractivity contribution in [2.75, 3.05) is 18.0 Å². The fourth-order valence-electron chi connectivity index (χ4n) is 2.46. The third kappa shape index (κ3) is 3.22. The molecule has 0 aliphatic carbocycles. The highest BCUT2D eigenvalue weighted by Crippen LogP contribution is 2.39. The third-order valence-electron chi connectivity index (χ3n) is 3.71. The van der Waals surface area contributed by atoms with Crippen LogP contribution < -0.4 is 13.8 Å². The summed E-state index contributed by atoms with van der Waals surface area (Å²) in [5.74, 6) is -0.608. The van der Waals surface area contributed by atoms with Crippen molar-refractivity contribution in [1.82, 2.24) is 0 Å². The Hall–Kier alpha value is -2.45. The van der Waals surface area contributed by atoms with Crippen LogP contribution >= 0.6 is 11.6 Å². The van der Waals surface area contributed by atoms with Crippen molar-refractivity contribution in [3.05, 3.63) is 47.5 Å². The lowest BCUT2D eigenvalue weighted by Gasteiger charge is -2.33. The molecule has 1 atom stereocenters. The molecule has 1 aliphatic rings. The van der Waals surface area contributed by atoms with Crippen LogP contribution in [-0.2, 0) is 14.8 Å². The fraction of sp³-hybridized carbons (Fsp3) is 0.188. The van der Waals surface area contributed by atoms with Crippen molar-refractivity contribution in [1.29, 1.82) is 0 Å². The Morgan fingerprint density at radius 1 is 1.28 bits per heavy atom. The number of carboxylic acid groups (broad SMARTS) is 1. The highest BCUT2D eigenvalue weighted by Gasteiger charge is 2.37. The normalized spacial score (nSPS) is 16.7. The molecule has 9 heteroatoms. The molecule has 25 heavy (non-hydrogen) atoms. The summed E-state index contributed by atoms with van der Waals surface area (Å²) in [6.07, 6.45) is -1.32. The van der Waals surface area contributed by atoms with E-state index in [4.69, 9.17) is 21.1 Å². The van der Waals surface area contributed by atoms with Crippen LogP contribution in [0.2, 0.25) is 5.02 Å². The lowest BCUT2D eigenvalue weighted by molar-refractivity contribution is -0.144. The highest BCUT2D eigenvalue weighted by molar-refractivity contribution is 7.92. The first-order valence-corrected chi connectivity index (χ1v) is 9.00. The van der Waals surface area contributed by atoms with Crippen LogP contribution in [0.1, 0.15) is 0 Å². The molecule has 1 heterocycles. The Morgan fingerprint density at radius 3 is 2.56 bits per heavy atom. The van der Waals surface area contributed by atoms with Gasteiger partial charge < -0.3 is 14.6 Å². The van der Waals surface area contributed by atoms with E-state index in [0.29, 0.717) is 10.8 Å². The second-order valence-corrected chi connectivity index (χ2v) is 7.57. The van der Waals surface area contributed by atoms with Crippen LogP contribution in [0.15, 0.2) is 47.4 Å². The van der Waals surface area contributed by atoms with Crippen molar-refractivity contribution in [2.45, 2.75) is 11.0 Å². The molecular weight excluding hydrogens is 370 g/mol. The maximum absolute atomic E-state index is 13.0. The molecule has 0 fully saturated rings. The van der Waals surface area contributed by atoms with E-state index in [0.717, 1.165) is 4.31 Å². The zero-order valence-electron chi connectivity index (χ0n) is 13.0. The summed E-state index contributed by atoms with van der Waals surface area (Å²) in [7, 11) is -2.53. The van der Waals surface area contributed by atoms with E-state index in [-0.39, 0.29) is 22.9 Å². The monoisotopic (exact) mass is 383 g/mol. The zero-order valence-corrected chi connectivity index (χ0v) is 14.6. The second-order valence-electron chi connectivity index (χ2n) is 5.27. The summed E-state index contributed by atoms with van der Waals surface area (Å²) in [6, 6.07) is 10.2. The molecular formula is C16H14ClNO6S. The number of hydrogen-bond acceptors (Lipinski definition) is 5. The summed E-state index contributed by atoms with van der Waals surface area (Å²) < 4.78 is 37.4. The van der Waals surface area contributed by atoms with Gasteiger partial charge in [0.15, 0.2) is 0 Å². The molecule has 2 aromatic rings. The number of halogens is 1. The molecule has 0 saturated carbocycles. The molecule has 1 N–H and O–H groups in total. The molecule has 0 bridgehead atoms. The summed E-state index contributed by atoms with van der Waals surface area (Å²) in [5.41, 5.74) is 0.195. The van der Waals surface area contributed by atoms with Gasteiger partial charge in [-0.2, -0.15) is 0 Å². The average molecular weight is 384 g/mol. The number of nitrogens with zero attached hydrogens (tertiary/aromatic N) is 1. The van der Waals surface area contributed by atoms with Crippen molar-refractivity contribution >= 4 is 33.3 Å². The molecule has 0 saturated heterocycles. The average Bonchev–Trinajstić information content (AvgIpc) is 2.60. The van der Waals surface area contributed by atoms with Gasteiger partial charge in [0.1, 0.15) is 11.5 Å². The van der Waals surface area contributed by atoms with E-state index < -0.39 is 22.1 Å². The molecule has 0 unspecified atom stereocenters. The molecule has 1 aliphatic heterocycles.